The van der Waals surface area contributed by atoms with Gasteiger partial charge in [0.2, 0.25) is 0 Å². The van der Waals surface area contributed by atoms with E-state index in [1.54, 1.807) is 13.2 Å². The van der Waals surface area contributed by atoms with Crippen LogP contribution in [0.4, 0.5) is 0 Å². The molecule has 116 valence electrons. The van der Waals surface area contributed by atoms with Gasteiger partial charge in [-0.05, 0) is 32.0 Å². The third kappa shape index (κ3) is 3.16. The lowest BCUT2D eigenvalue weighted by Crippen LogP contribution is -2.29. The molecule has 0 aliphatic carbocycles. The maximum Gasteiger partial charge on any atom is 0.305 e. The lowest BCUT2D eigenvalue weighted by atomic mass is 10.2. The van der Waals surface area contributed by atoms with Crippen LogP contribution in [0.1, 0.15) is 28.2 Å². The molecule has 6 heteroatoms. The molecule has 2 heterocycles. The number of hydrogen-bond acceptors (Lipinski definition) is 3. The molecule has 0 atom stereocenters. The van der Waals surface area contributed by atoms with Crippen molar-refractivity contribution in [2.75, 3.05) is 13.6 Å². The van der Waals surface area contributed by atoms with E-state index in [0.29, 0.717) is 5.56 Å². The lowest BCUT2D eigenvalue weighted by Gasteiger charge is -2.16. The molecular weight excluding hydrogens is 282 g/mol. The number of carbonyl (C=O) groups is 2. The molecule has 0 spiro atoms. The van der Waals surface area contributed by atoms with Crippen molar-refractivity contribution < 1.29 is 14.7 Å². The number of pyridine rings is 1. The smallest absolute Gasteiger partial charge is 0.305 e. The number of aliphatic carboxylic acids is 1. The van der Waals surface area contributed by atoms with E-state index in [-0.39, 0.29) is 18.9 Å². The predicted molar refractivity (Wildman–Crippen MR) is 82.3 cm³/mol. The Kier molecular flexibility index (Phi) is 4.60. The second-order valence-electron chi connectivity index (χ2n) is 5.18. The topological polar surface area (TPSA) is 75.4 Å². The van der Waals surface area contributed by atoms with E-state index in [4.69, 9.17) is 5.11 Å². The fraction of sp³-hybridized carbons (Fsp3) is 0.312. The molecule has 0 saturated carbocycles. The third-order valence-corrected chi connectivity index (χ3v) is 3.55. The number of hydrogen-bond donors (Lipinski definition) is 1. The highest BCUT2D eigenvalue weighted by atomic mass is 16.4. The Morgan fingerprint density at radius 3 is 2.64 bits per heavy atom. The summed E-state index contributed by atoms with van der Waals surface area (Å²) in [6.45, 7) is 3.96. The quantitative estimate of drug-likeness (QED) is 0.917. The monoisotopic (exact) mass is 301 g/mol. The van der Waals surface area contributed by atoms with Crippen molar-refractivity contribution in [1.29, 1.82) is 0 Å². The van der Waals surface area contributed by atoms with Gasteiger partial charge in [0.05, 0.1) is 12.0 Å². The summed E-state index contributed by atoms with van der Waals surface area (Å²) in [5.41, 5.74) is 2.27. The normalized spacial score (nSPS) is 10.5. The summed E-state index contributed by atoms with van der Waals surface area (Å²) >= 11 is 0. The van der Waals surface area contributed by atoms with Gasteiger partial charge in [-0.2, -0.15) is 0 Å². The van der Waals surface area contributed by atoms with E-state index < -0.39 is 5.97 Å². The Labute approximate surface area is 129 Å². The summed E-state index contributed by atoms with van der Waals surface area (Å²) in [5.74, 6) is -0.347. The largest absolute Gasteiger partial charge is 0.481 e. The molecule has 0 unspecified atom stereocenters. The minimum atomic E-state index is -0.918. The van der Waals surface area contributed by atoms with Crippen LogP contribution in [0.15, 0.2) is 30.5 Å². The first kappa shape index (κ1) is 15.8. The van der Waals surface area contributed by atoms with Crippen molar-refractivity contribution in [3.05, 3.63) is 47.4 Å². The van der Waals surface area contributed by atoms with Crippen LogP contribution in [0.25, 0.3) is 5.82 Å². The fourth-order valence-electron chi connectivity index (χ4n) is 2.39. The molecule has 0 fully saturated rings. The summed E-state index contributed by atoms with van der Waals surface area (Å²) in [5, 5.41) is 8.72. The zero-order valence-corrected chi connectivity index (χ0v) is 12.9. The predicted octanol–water partition coefficient (Wildman–Crippen LogP) is 2.04. The van der Waals surface area contributed by atoms with Crippen molar-refractivity contribution in [3.63, 3.8) is 0 Å². The first-order valence-corrected chi connectivity index (χ1v) is 6.99. The van der Waals surface area contributed by atoms with Crippen molar-refractivity contribution >= 4 is 11.9 Å². The molecule has 2 aromatic rings. The fourth-order valence-corrected chi connectivity index (χ4v) is 2.39. The number of aromatic nitrogens is 2. The number of carboxylic acid groups (broad SMARTS) is 1. The minimum absolute atomic E-state index is 0.0682. The molecular formula is C16H19N3O3. The van der Waals surface area contributed by atoms with Gasteiger partial charge in [0.1, 0.15) is 5.82 Å². The van der Waals surface area contributed by atoms with Gasteiger partial charge in [-0.1, -0.05) is 6.07 Å². The maximum absolute atomic E-state index is 12.5. The van der Waals surface area contributed by atoms with Gasteiger partial charge >= 0.3 is 5.97 Å². The van der Waals surface area contributed by atoms with E-state index in [0.717, 1.165) is 17.2 Å². The highest BCUT2D eigenvalue weighted by Crippen LogP contribution is 2.20. The summed E-state index contributed by atoms with van der Waals surface area (Å²) in [6.07, 6.45) is 1.63. The van der Waals surface area contributed by atoms with Gasteiger partial charge in [-0.15, -0.1) is 0 Å². The lowest BCUT2D eigenvalue weighted by molar-refractivity contribution is -0.137. The maximum atomic E-state index is 12.5. The summed E-state index contributed by atoms with van der Waals surface area (Å²) in [7, 11) is 1.61. The van der Waals surface area contributed by atoms with Crippen LogP contribution in [0, 0.1) is 13.8 Å². The van der Waals surface area contributed by atoms with Crippen molar-refractivity contribution in [1.82, 2.24) is 14.5 Å². The SMILES string of the molecule is Cc1cc(C(=O)N(C)CCC(=O)O)c(C)n1-c1ccccn1. The molecule has 22 heavy (non-hydrogen) atoms. The van der Waals surface area contributed by atoms with Crippen molar-refractivity contribution in [2.45, 2.75) is 20.3 Å². The number of amides is 1. The van der Waals surface area contributed by atoms with Gasteiger partial charge in [0, 0.05) is 31.2 Å². The Morgan fingerprint density at radius 1 is 1.32 bits per heavy atom. The average molecular weight is 301 g/mol. The molecule has 0 aliphatic heterocycles. The van der Waals surface area contributed by atoms with Crippen LogP contribution in [0.2, 0.25) is 0 Å². The first-order chi connectivity index (χ1) is 10.4. The van der Waals surface area contributed by atoms with Crippen molar-refractivity contribution in [3.8, 4) is 5.82 Å². The van der Waals surface area contributed by atoms with Gasteiger partial charge in [0.15, 0.2) is 0 Å². The Hall–Kier alpha value is -2.63. The highest BCUT2D eigenvalue weighted by Gasteiger charge is 2.20. The summed E-state index contributed by atoms with van der Waals surface area (Å²) in [4.78, 5) is 28.8. The zero-order chi connectivity index (χ0) is 16.3. The van der Waals surface area contributed by atoms with Crippen LogP contribution in [0.5, 0.6) is 0 Å². The molecule has 2 aromatic heterocycles. The number of nitrogens with zero attached hydrogens (tertiary/aromatic N) is 3. The van der Waals surface area contributed by atoms with E-state index in [2.05, 4.69) is 4.98 Å². The molecule has 6 nitrogen and oxygen atoms in total. The summed E-state index contributed by atoms with van der Waals surface area (Å²) in [6, 6.07) is 7.41. The number of rotatable bonds is 5. The van der Waals surface area contributed by atoms with Crippen molar-refractivity contribution in [2.24, 2.45) is 0 Å². The number of carbonyl (C=O) groups excluding carboxylic acids is 1. The van der Waals surface area contributed by atoms with Crippen LogP contribution in [-0.4, -0.2) is 45.0 Å². The third-order valence-electron chi connectivity index (χ3n) is 3.55. The van der Waals surface area contributed by atoms with Crippen LogP contribution < -0.4 is 0 Å². The number of carboxylic acids is 1. The van der Waals surface area contributed by atoms with Crippen LogP contribution >= 0.6 is 0 Å². The molecule has 2 rings (SSSR count). The van der Waals surface area contributed by atoms with Crippen LogP contribution in [0.3, 0.4) is 0 Å². The molecule has 0 saturated heterocycles. The molecule has 0 radical (unpaired) electrons. The second-order valence-corrected chi connectivity index (χ2v) is 5.18. The zero-order valence-electron chi connectivity index (χ0n) is 12.9. The van der Waals surface area contributed by atoms with E-state index in [9.17, 15) is 9.59 Å². The Bertz CT molecular complexity index is 692. The van der Waals surface area contributed by atoms with E-state index in [1.807, 2.05) is 42.7 Å². The van der Waals surface area contributed by atoms with Crippen LogP contribution in [-0.2, 0) is 4.79 Å². The molecule has 0 bridgehead atoms. The Morgan fingerprint density at radius 2 is 2.05 bits per heavy atom. The first-order valence-electron chi connectivity index (χ1n) is 6.99. The molecule has 0 aliphatic rings. The Balaban J connectivity index is 2.30. The van der Waals surface area contributed by atoms with Gasteiger partial charge in [-0.3, -0.25) is 9.59 Å². The van der Waals surface area contributed by atoms with Gasteiger partial charge in [-0.25, -0.2) is 4.98 Å². The average Bonchev–Trinajstić information content (AvgIpc) is 2.79. The number of aryl methyl sites for hydroxylation is 1. The molecule has 0 aromatic carbocycles. The van der Waals surface area contributed by atoms with E-state index in [1.165, 1.54) is 4.90 Å². The van der Waals surface area contributed by atoms with E-state index >= 15 is 0 Å². The minimum Gasteiger partial charge on any atom is -0.481 e. The molecule has 1 amide bonds. The van der Waals surface area contributed by atoms with Gasteiger partial charge in [0.25, 0.3) is 5.91 Å². The highest BCUT2D eigenvalue weighted by molar-refractivity contribution is 5.96. The standard InChI is InChI=1S/C16H19N3O3/c1-11-10-13(16(22)18(3)9-7-15(20)21)12(2)19(11)14-6-4-5-8-17-14/h4-6,8,10H,7,9H2,1-3H3,(H,20,21). The van der Waals surface area contributed by atoms with Gasteiger partial charge < -0.3 is 14.6 Å². The second kappa shape index (κ2) is 6.43. The summed E-state index contributed by atoms with van der Waals surface area (Å²) < 4.78 is 1.91. The molecule has 1 N–H and O–H groups in total.